The minimum atomic E-state index is -1.44. The first-order chi connectivity index (χ1) is 9.50. The number of nitro groups is 1. The molecule has 0 bridgehead atoms. The number of amides is 1. The highest BCUT2D eigenvalue weighted by Crippen LogP contribution is 2.33. The topological polar surface area (TPSA) is 72.2 Å². The van der Waals surface area contributed by atoms with Gasteiger partial charge in [0.1, 0.15) is 11.4 Å². The Morgan fingerprint density at radius 2 is 2.10 bits per heavy atom. The fraction of sp³-hybridized carbons (Fsp3) is 0.462. The van der Waals surface area contributed by atoms with Crippen LogP contribution in [0.1, 0.15) is 36.0 Å². The van der Waals surface area contributed by atoms with E-state index in [2.05, 4.69) is 5.32 Å². The number of benzene rings is 1. The Labute approximate surface area is 114 Å². The first kappa shape index (κ1) is 14.4. The number of rotatable bonds is 6. The van der Waals surface area contributed by atoms with Crippen molar-refractivity contribution in [3.63, 3.8) is 0 Å². The molecule has 1 aliphatic carbocycles. The predicted molar refractivity (Wildman–Crippen MR) is 67.3 cm³/mol. The number of hydrogen-bond acceptors (Lipinski definition) is 3. The molecule has 0 unspecified atom stereocenters. The quantitative estimate of drug-likeness (QED) is 0.496. The molecule has 1 aromatic rings. The average molecular weight is 284 g/mol. The smallest absolute Gasteiger partial charge is 0.305 e. The van der Waals surface area contributed by atoms with Crippen molar-refractivity contribution in [2.45, 2.75) is 25.7 Å². The third-order valence-corrected chi connectivity index (χ3v) is 3.27. The van der Waals surface area contributed by atoms with Gasteiger partial charge in [-0.1, -0.05) is 12.8 Å². The van der Waals surface area contributed by atoms with Gasteiger partial charge in [-0.2, -0.15) is 4.39 Å². The maximum atomic E-state index is 13.7. The zero-order valence-corrected chi connectivity index (χ0v) is 10.7. The Morgan fingerprint density at radius 1 is 1.40 bits per heavy atom. The molecule has 1 N–H and O–H groups in total. The Balaban J connectivity index is 2.03. The zero-order chi connectivity index (χ0) is 14.7. The molecule has 1 aromatic carbocycles. The second-order valence-electron chi connectivity index (χ2n) is 4.85. The summed E-state index contributed by atoms with van der Waals surface area (Å²) in [7, 11) is 0. The first-order valence-electron chi connectivity index (χ1n) is 6.41. The number of carbonyl (C=O) groups is 1. The van der Waals surface area contributed by atoms with Crippen molar-refractivity contribution in [3.8, 4) is 0 Å². The van der Waals surface area contributed by atoms with Crippen LogP contribution < -0.4 is 5.32 Å². The molecule has 5 nitrogen and oxygen atoms in total. The Morgan fingerprint density at radius 3 is 2.70 bits per heavy atom. The van der Waals surface area contributed by atoms with Gasteiger partial charge < -0.3 is 5.32 Å². The lowest BCUT2D eigenvalue weighted by Crippen LogP contribution is -2.26. The molecule has 7 heteroatoms. The second-order valence-corrected chi connectivity index (χ2v) is 4.85. The molecule has 0 spiro atoms. The number of nitrogens with zero attached hydrogens (tertiary/aromatic N) is 1. The third kappa shape index (κ3) is 3.28. The van der Waals surface area contributed by atoms with E-state index >= 15 is 0 Å². The molecule has 1 saturated carbocycles. The highest BCUT2D eigenvalue weighted by Gasteiger charge is 2.26. The minimum Gasteiger partial charge on any atom is -0.352 e. The van der Waals surface area contributed by atoms with E-state index in [1.165, 1.54) is 12.8 Å². The molecular weight excluding hydrogens is 270 g/mol. The third-order valence-electron chi connectivity index (χ3n) is 3.27. The summed E-state index contributed by atoms with van der Waals surface area (Å²) in [5.41, 5.74) is -1.81. The van der Waals surface area contributed by atoms with E-state index in [0.717, 1.165) is 18.9 Å². The summed E-state index contributed by atoms with van der Waals surface area (Å²) in [5.74, 6) is -2.79. The van der Waals surface area contributed by atoms with Crippen molar-refractivity contribution in [1.82, 2.24) is 5.32 Å². The van der Waals surface area contributed by atoms with Gasteiger partial charge in [0.05, 0.1) is 4.92 Å². The van der Waals surface area contributed by atoms with Crippen molar-refractivity contribution in [2.75, 3.05) is 6.54 Å². The molecule has 0 heterocycles. The predicted octanol–water partition coefficient (Wildman–Crippen LogP) is 2.79. The van der Waals surface area contributed by atoms with Crippen LogP contribution >= 0.6 is 0 Å². The van der Waals surface area contributed by atoms with Gasteiger partial charge in [-0.25, -0.2) is 4.39 Å². The van der Waals surface area contributed by atoms with Crippen LogP contribution in [0, 0.1) is 27.7 Å². The van der Waals surface area contributed by atoms with E-state index in [1.54, 1.807) is 0 Å². The molecule has 1 aliphatic rings. The van der Waals surface area contributed by atoms with Crippen LogP contribution in [0.5, 0.6) is 0 Å². The fourth-order valence-electron chi connectivity index (χ4n) is 1.98. The lowest BCUT2D eigenvalue weighted by molar-refractivity contribution is -0.387. The van der Waals surface area contributed by atoms with Gasteiger partial charge in [-0.15, -0.1) is 0 Å². The Hall–Kier alpha value is -2.05. The van der Waals surface area contributed by atoms with Crippen LogP contribution in [0.15, 0.2) is 12.1 Å². The molecule has 2 rings (SSSR count). The number of nitro benzene ring substituents is 1. The van der Waals surface area contributed by atoms with Crippen LogP contribution in [0.4, 0.5) is 14.5 Å². The molecule has 1 amide bonds. The van der Waals surface area contributed by atoms with E-state index < -0.39 is 33.7 Å². The fourth-order valence-corrected chi connectivity index (χ4v) is 1.98. The molecule has 0 aromatic heterocycles. The standard InChI is InChI=1S/C13H14F2N2O3/c14-9-5-6-10(17(19)20)12(15)11(9)13(18)16-7-1-2-8-3-4-8/h5-6,8H,1-4,7H2,(H,16,18). The highest BCUT2D eigenvalue weighted by atomic mass is 19.1. The average Bonchev–Trinajstić information content (AvgIpc) is 3.18. The number of hydrogen-bond donors (Lipinski definition) is 1. The second kappa shape index (κ2) is 5.94. The van der Waals surface area contributed by atoms with Crippen molar-refractivity contribution < 1.29 is 18.5 Å². The molecule has 1 fully saturated rings. The molecule has 0 atom stereocenters. The number of halogens is 2. The van der Waals surface area contributed by atoms with E-state index in [-0.39, 0.29) is 0 Å². The largest absolute Gasteiger partial charge is 0.352 e. The van der Waals surface area contributed by atoms with Crippen molar-refractivity contribution in [3.05, 3.63) is 39.4 Å². The molecule has 108 valence electrons. The summed E-state index contributed by atoms with van der Waals surface area (Å²) < 4.78 is 27.2. The van der Waals surface area contributed by atoms with E-state index in [0.29, 0.717) is 18.5 Å². The van der Waals surface area contributed by atoms with Crippen LogP contribution in [0.3, 0.4) is 0 Å². The summed E-state index contributed by atoms with van der Waals surface area (Å²) >= 11 is 0. The number of carbonyl (C=O) groups excluding carboxylic acids is 1. The lowest BCUT2D eigenvalue weighted by Gasteiger charge is -2.07. The Kier molecular flexibility index (Phi) is 4.26. The summed E-state index contributed by atoms with van der Waals surface area (Å²) in [6.07, 6.45) is 4.10. The SMILES string of the molecule is O=C(NCCCC1CC1)c1c(F)ccc([N+](=O)[O-])c1F. The zero-order valence-electron chi connectivity index (χ0n) is 10.7. The monoisotopic (exact) mass is 284 g/mol. The number of nitrogens with one attached hydrogen (secondary N) is 1. The van der Waals surface area contributed by atoms with Gasteiger partial charge >= 0.3 is 5.69 Å². The summed E-state index contributed by atoms with van der Waals surface area (Å²) in [6.45, 7) is 0.302. The van der Waals surface area contributed by atoms with E-state index in [1.807, 2.05) is 0 Å². The van der Waals surface area contributed by atoms with Crippen LogP contribution in [0.2, 0.25) is 0 Å². The molecule has 20 heavy (non-hydrogen) atoms. The van der Waals surface area contributed by atoms with Crippen LogP contribution in [0.25, 0.3) is 0 Å². The highest BCUT2D eigenvalue weighted by molar-refractivity contribution is 5.95. The van der Waals surface area contributed by atoms with Gasteiger partial charge in [0, 0.05) is 12.6 Å². The molecule has 0 aliphatic heterocycles. The molecular formula is C13H14F2N2O3. The Bertz CT molecular complexity index is 545. The van der Waals surface area contributed by atoms with Gasteiger partial charge in [0.25, 0.3) is 5.91 Å². The van der Waals surface area contributed by atoms with Gasteiger partial charge in [0.2, 0.25) is 5.82 Å². The summed E-state index contributed by atoms with van der Waals surface area (Å²) in [6, 6.07) is 1.43. The van der Waals surface area contributed by atoms with Crippen molar-refractivity contribution >= 4 is 11.6 Å². The van der Waals surface area contributed by atoms with E-state index in [4.69, 9.17) is 0 Å². The summed E-state index contributed by atoms with van der Waals surface area (Å²) in [4.78, 5) is 21.3. The van der Waals surface area contributed by atoms with Crippen molar-refractivity contribution in [1.29, 1.82) is 0 Å². The first-order valence-corrected chi connectivity index (χ1v) is 6.41. The lowest BCUT2D eigenvalue weighted by atomic mass is 10.1. The van der Waals surface area contributed by atoms with Crippen molar-refractivity contribution in [2.24, 2.45) is 5.92 Å². The maximum Gasteiger partial charge on any atom is 0.305 e. The molecule has 0 radical (unpaired) electrons. The van der Waals surface area contributed by atoms with Gasteiger partial charge in [-0.3, -0.25) is 14.9 Å². The minimum absolute atomic E-state index is 0.302. The van der Waals surface area contributed by atoms with Gasteiger partial charge in [-0.05, 0) is 24.8 Å². The summed E-state index contributed by atoms with van der Waals surface area (Å²) in [5, 5.41) is 12.9. The normalized spacial score (nSPS) is 14.1. The molecule has 0 saturated heterocycles. The maximum absolute atomic E-state index is 13.7. The van der Waals surface area contributed by atoms with Gasteiger partial charge in [0.15, 0.2) is 0 Å². The van der Waals surface area contributed by atoms with E-state index in [9.17, 15) is 23.7 Å². The van der Waals surface area contributed by atoms with Crippen LogP contribution in [-0.4, -0.2) is 17.4 Å². The van der Waals surface area contributed by atoms with Crippen LogP contribution in [-0.2, 0) is 0 Å².